The van der Waals surface area contributed by atoms with E-state index in [1.54, 1.807) is 0 Å². The lowest BCUT2D eigenvalue weighted by Crippen LogP contribution is -2.36. The van der Waals surface area contributed by atoms with E-state index < -0.39 is 17.0 Å². The summed E-state index contributed by atoms with van der Waals surface area (Å²) in [5.74, 6) is -0.287. The molecule has 0 radical (unpaired) electrons. The number of benzene rings is 1. The fourth-order valence-corrected chi connectivity index (χ4v) is 4.62. The van der Waals surface area contributed by atoms with Crippen LogP contribution in [0.4, 0.5) is 0 Å². The Bertz CT molecular complexity index is 1040. The molecule has 2 aliphatic rings. The number of carboxylic acid groups (broad SMARTS) is 1. The number of aromatic nitrogens is 1. The van der Waals surface area contributed by atoms with Crippen molar-refractivity contribution in [2.75, 3.05) is 13.2 Å². The van der Waals surface area contributed by atoms with Gasteiger partial charge < -0.3 is 19.1 Å². The van der Waals surface area contributed by atoms with E-state index in [1.807, 2.05) is 31.4 Å². The molecule has 29 heavy (non-hydrogen) atoms. The van der Waals surface area contributed by atoms with Crippen LogP contribution >= 0.6 is 0 Å². The molecule has 4 rings (SSSR count). The minimum absolute atomic E-state index is 0.0609. The molecule has 1 aromatic heterocycles. The molecule has 0 amide bonds. The maximum absolute atomic E-state index is 12.5. The molecule has 0 unspecified atom stereocenters. The second-order valence-electron chi connectivity index (χ2n) is 8.52. The minimum Gasteiger partial charge on any atom is -0.493 e. The van der Waals surface area contributed by atoms with Crippen molar-refractivity contribution in [2.24, 2.45) is 0 Å². The van der Waals surface area contributed by atoms with Gasteiger partial charge in [-0.2, -0.15) is 0 Å². The first kappa shape index (κ1) is 19.7. The highest BCUT2D eigenvalue weighted by Gasteiger charge is 2.49. The number of unbranched alkanes of at least 4 members (excludes halogenated alkanes) is 1. The fraction of sp³-hybridized carbons (Fsp3) is 0.478. The number of rotatable bonds is 5. The van der Waals surface area contributed by atoms with Crippen LogP contribution in [-0.4, -0.2) is 34.5 Å². The van der Waals surface area contributed by atoms with Crippen molar-refractivity contribution in [1.29, 1.82) is 0 Å². The Morgan fingerprint density at radius 3 is 2.79 bits per heavy atom. The van der Waals surface area contributed by atoms with Crippen molar-refractivity contribution in [1.82, 2.24) is 4.57 Å². The van der Waals surface area contributed by atoms with Gasteiger partial charge in [0, 0.05) is 23.7 Å². The van der Waals surface area contributed by atoms with Gasteiger partial charge in [0.25, 0.3) is 0 Å². The molecule has 1 aromatic carbocycles. The zero-order valence-corrected chi connectivity index (χ0v) is 17.3. The number of hydrogen-bond acceptors (Lipinski definition) is 4. The largest absolute Gasteiger partial charge is 0.493 e. The molecule has 0 aliphatic carbocycles. The van der Waals surface area contributed by atoms with Gasteiger partial charge in [0.2, 0.25) is 0 Å². The second-order valence-corrected chi connectivity index (χ2v) is 8.52. The summed E-state index contributed by atoms with van der Waals surface area (Å²) in [5, 5.41) is 9.46. The summed E-state index contributed by atoms with van der Waals surface area (Å²) in [5.41, 5.74) is 2.59. The van der Waals surface area contributed by atoms with Crippen molar-refractivity contribution in [3.8, 4) is 17.0 Å². The van der Waals surface area contributed by atoms with Crippen LogP contribution in [-0.2, 0) is 4.74 Å². The summed E-state index contributed by atoms with van der Waals surface area (Å²) in [4.78, 5) is 24.0. The standard InChI is InChI=1S/C23H27NO5/c1-5-6-7-28-20-9-14-15(8-13(20)2)18-10-19(25)16(22(26)27)11-24(18)21-17(14)12-29-23(21,3)4/h8-11,17,21H,5-7,12H2,1-4H3,(H,26,27)/t17-,21+/m1/s1. The van der Waals surface area contributed by atoms with Crippen molar-refractivity contribution < 1.29 is 19.4 Å². The SMILES string of the molecule is CCCCOc1cc2c(cc1C)-c1cc(=O)c(C(=O)O)cn1[C@H]1[C@@H]2COC1(C)C. The Hall–Kier alpha value is -2.60. The van der Waals surface area contributed by atoms with E-state index in [0.29, 0.717) is 13.2 Å². The molecule has 2 aliphatic heterocycles. The van der Waals surface area contributed by atoms with E-state index in [4.69, 9.17) is 9.47 Å². The Morgan fingerprint density at radius 2 is 2.10 bits per heavy atom. The molecular formula is C23H27NO5. The molecule has 0 spiro atoms. The number of aryl methyl sites for hydroxylation is 1. The van der Waals surface area contributed by atoms with Gasteiger partial charge in [-0.05, 0) is 50.5 Å². The average molecular weight is 397 g/mol. The second kappa shape index (κ2) is 7.02. The molecule has 2 aromatic rings. The van der Waals surface area contributed by atoms with Gasteiger partial charge in [-0.1, -0.05) is 13.3 Å². The van der Waals surface area contributed by atoms with Crippen molar-refractivity contribution in [2.45, 2.75) is 58.1 Å². The van der Waals surface area contributed by atoms with Crippen LogP contribution in [0.3, 0.4) is 0 Å². The first-order valence-electron chi connectivity index (χ1n) is 10.2. The zero-order chi connectivity index (χ0) is 20.9. The van der Waals surface area contributed by atoms with Crippen LogP contribution in [0.15, 0.2) is 29.2 Å². The highest BCUT2D eigenvalue weighted by molar-refractivity contribution is 5.88. The number of carbonyl (C=O) groups is 1. The lowest BCUT2D eigenvalue weighted by molar-refractivity contribution is 0.0145. The van der Waals surface area contributed by atoms with Crippen LogP contribution < -0.4 is 10.2 Å². The maximum Gasteiger partial charge on any atom is 0.341 e. The number of pyridine rings is 1. The molecular weight excluding hydrogens is 370 g/mol. The molecule has 2 atom stereocenters. The third-order valence-corrected chi connectivity index (χ3v) is 6.12. The van der Waals surface area contributed by atoms with E-state index >= 15 is 0 Å². The Kier molecular flexibility index (Phi) is 4.77. The van der Waals surface area contributed by atoms with Gasteiger partial charge >= 0.3 is 5.97 Å². The highest BCUT2D eigenvalue weighted by Crippen LogP contribution is 2.53. The fourth-order valence-electron chi connectivity index (χ4n) is 4.62. The van der Waals surface area contributed by atoms with Gasteiger partial charge in [0.05, 0.1) is 30.6 Å². The van der Waals surface area contributed by atoms with Crippen molar-refractivity contribution in [3.05, 3.63) is 51.3 Å². The van der Waals surface area contributed by atoms with Crippen LogP contribution in [0.5, 0.6) is 5.75 Å². The number of nitrogens with zero attached hydrogens (tertiary/aromatic N) is 1. The molecule has 6 heteroatoms. The third kappa shape index (κ3) is 3.15. The summed E-state index contributed by atoms with van der Waals surface area (Å²) in [6.07, 6.45) is 3.55. The predicted octanol–water partition coefficient (Wildman–Crippen LogP) is 4.15. The van der Waals surface area contributed by atoms with Crippen LogP contribution in [0, 0.1) is 6.92 Å². The van der Waals surface area contributed by atoms with Crippen LogP contribution in [0.1, 0.15) is 67.1 Å². The molecule has 1 fully saturated rings. The van der Waals surface area contributed by atoms with Crippen molar-refractivity contribution in [3.63, 3.8) is 0 Å². The molecule has 154 valence electrons. The number of hydrogen-bond donors (Lipinski definition) is 1. The summed E-state index contributed by atoms with van der Waals surface area (Å²) in [6, 6.07) is 5.48. The average Bonchev–Trinajstić information content (AvgIpc) is 2.98. The van der Waals surface area contributed by atoms with E-state index in [1.165, 1.54) is 12.3 Å². The van der Waals surface area contributed by atoms with E-state index in [9.17, 15) is 14.7 Å². The van der Waals surface area contributed by atoms with Gasteiger partial charge in [-0.25, -0.2) is 4.79 Å². The number of ether oxygens (including phenoxy) is 2. The third-order valence-electron chi connectivity index (χ3n) is 6.12. The maximum atomic E-state index is 12.5. The lowest BCUT2D eigenvalue weighted by Gasteiger charge is -2.38. The summed E-state index contributed by atoms with van der Waals surface area (Å²) in [6.45, 7) is 9.36. The molecule has 1 saturated heterocycles. The van der Waals surface area contributed by atoms with Crippen LogP contribution in [0.2, 0.25) is 0 Å². The monoisotopic (exact) mass is 397 g/mol. The molecule has 6 nitrogen and oxygen atoms in total. The summed E-state index contributed by atoms with van der Waals surface area (Å²) >= 11 is 0. The summed E-state index contributed by atoms with van der Waals surface area (Å²) in [7, 11) is 0. The van der Waals surface area contributed by atoms with Gasteiger partial charge in [-0.3, -0.25) is 4.79 Å². The van der Waals surface area contributed by atoms with E-state index in [2.05, 4.69) is 13.0 Å². The number of fused-ring (bicyclic) bond motifs is 6. The van der Waals surface area contributed by atoms with Gasteiger partial charge in [0.1, 0.15) is 11.3 Å². The van der Waals surface area contributed by atoms with Gasteiger partial charge in [0.15, 0.2) is 5.43 Å². The Balaban J connectivity index is 1.92. The normalized spacial score (nSPS) is 21.2. The van der Waals surface area contributed by atoms with E-state index in [0.717, 1.165) is 41.0 Å². The predicted molar refractivity (Wildman–Crippen MR) is 110 cm³/mol. The number of carboxylic acids is 1. The molecule has 1 N–H and O–H groups in total. The smallest absolute Gasteiger partial charge is 0.341 e. The lowest BCUT2D eigenvalue weighted by atomic mass is 9.78. The highest BCUT2D eigenvalue weighted by atomic mass is 16.5. The topological polar surface area (TPSA) is 77.8 Å². The Morgan fingerprint density at radius 1 is 1.34 bits per heavy atom. The Labute approximate surface area is 170 Å². The molecule has 0 bridgehead atoms. The van der Waals surface area contributed by atoms with Crippen LogP contribution in [0.25, 0.3) is 11.3 Å². The summed E-state index contributed by atoms with van der Waals surface area (Å²) < 4.78 is 14.1. The number of aromatic carboxylic acids is 1. The van der Waals surface area contributed by atoms with Crippen molar-refractivity contribution >= 4 is 5.97 Å². The molecule has 0 saturated carbocycles. The minimum atomic E-state index is -1.21. The quantitative estimate of drug-likeness (QED) is 0.767. The first-order valence-corrected chi connectivity index (χ1v) is 10.2. The van der Waals surface area contributed by atoms with Gasteiger partial charge in [-0.15, -0.1) is 0 Å². The zero-order valence-electron chi connectivity index (χ0n) is 17.3. The van der Waals surface area contributed by atoms with E-state index in [-0.39, 0.29) is 17.5 Å². The first-order chi connectivity index (χ1) is 13.7. The molecule has 3 heterocycles.